The Morgan fingerprint density at radius 3 is 2.43 bits per heavy atom. The molecule has 3 nitrogen and oxygen atoms in total. The summed E-state index contributed by atoms with van der Waals surface area (Å²) in [6.07, 6.45) is 0. The highest BCUT2D eigenvalue weighted by molar-refractivity contribution is 6.37. The average molecular weight is 504 g/mol. The summed E-state index contributed by atoms with van der Waals surface area (Å²) in [6, 6.07) is 27.9. The first-order valence-electron chi connectivity index (χ1n) is 12.6. The van der Waals surface area contributed by atoms with Crippen molar-refractivity contribution in [3.63, 3.8) is 0 Å². The van der Waals surface area contributed by atoms with Gasteiger partial charge in [-0.3, -0.25) is 0 Å². The number of rotatable bonds is 3. The minimum atomic E-state index is 0.421. The molecule has 0 atom stereocenters. The molecule has 0 aliphatic carbocycles. The maximum absolute atomic E-state index is 6.89. The van der Waals surface area contributed by atoms with Gasteiger partial charge in [0.25, 0.3) is 0 Å². The van der Waals surface area contributed by atoms with Crippen LogP contribution in [-0.2, 0) is 0 Å². The minimum absolute atomic E-state index is 0.421. The third-order valence-electron chi connectivity index (χ3n) is 7.56. The number of benzene rings is 5. The zero-order valence-corrected chi connectivity index (χ0v) is 22.0. The fraction of sp³-hybridized carbons (Fsp3) is 0.152. The second-order valence-corrected chi connectivity index (χ2v) is 10.6. The van der Waals surface area contributed by atoms with E-state index in [0.717, 1.165) is 66.0 Å². The molecule has 0 aliphatic rings. The van der Waals surface area contributed by atoms with Crippen LogP contribution in [0, 0.1) is 6.92 Å². The number of ether oxygens (including phenoxy) is 1. The van der Waals surface area contributed by atoms with Gasteiger partial charge in [0.1, 0.15) is 16.9 Å². The van der Waals surface area contributed by atoms with Gasteiger partial charge in [-0.2, -0.15) is 0 Å². The molecule has 0 radical (unpaired) electrons. The first kappa shape index (κ1) is 22.3. The largest absolute Gasteiger partial charge is 0.496 e. The molecule has 4 heteroatoms. The number of methoxy groups -OCH3 is 1. The van der Waals surface area contributed by atoms with E-state index in [4.69, 9.17) is 20.8 Å². The van der Waals surface area contributed by atoms with Gasteiger partial charge in [0.15, 0.2) is 0 Å². The van der Waals surface area contributed by atoms with Crippen molar-refractivity contribution in [3.8, 4) is 11.4 Å². The molecule has 0 fully saturated rings. The number of aromatic nitrogens is 1. The summed E-state index contributed by atoms with van der Waals surface area (Å²) < 4.78 is 14.3. The molecule has 5 aromatic carbocycles. The van der Waals surface area contributed by atoms with E-state index in [0.29, 0.717) is 10.9 Å². The van der Waals surface area contributed by atoms with Gasteiger partial charge in [0, 0.05) is 21.8 Å². The van der Waals surface area contributed by atoms with Crippen molar-refractivity contribution in [2.75, 3.05) is 7.11 Å². The first-order valence-corrected chi connectivity index (χ1v) is 13.0. The maximum atomic E-state index is 6.89. The third kappa shape index (κ3) is 3.27. The smallest absolute Gasteiger partial charge is 0.136 e. The molecule has 182 valence electrons. The molecule has 0 N–H and O–H groups in total. The van der Waals surface area contributed by atoms with Gasteiger partial charge >= 0.3 is 0 Å². The third-order valence-corrected chi connectivity index (χ3v) is 7.86. The fourth-order valence-electron chi connectivity index (χ4n) is 5.65. The summed E-state index contributed by atoms with van der Waals surface area (Å²) in [5, 5.41) is 7.44. The van der Waals surface area contributed by atoms with Crippen LogP contribution in [0.15, 0.2) is 83.3 Å². The van der Waals surface area contributed by atoms with E-state index in [9.17, 15) is 0 Å². The summed E-state index contributed by atoms with van der Waals surface area (Å²) >= 11 is 6.89. The molecule has 2 aromatic heterocycles. The molecule has 0 bridgehead atoms. The lowest BCUT2D eigenvalue weighted by Gasteiger charge is -2.11. The zero-order chi connectivity index (χ0) is 25.4. The number of fused-ring (bicyclic) bond motifs is 7. The van der Waals surface area contributed by atoms with Crippen LogP contribution in [0.1, 0.15) is 30.9 Å². The molecular formula is C33H26ClNO2. The van der Waals surface area contributed by atoms with Gasteiger partial charge in [-0.1, -0.05) is 49.7 Å². The van der Waals surface area contributed by atoms with Crippen molar-refractivity contribution >= 4 is 66.1 Å². The molecule has 0 saturated carbocycles. The lowest BCUT2D eigenvalue weighted by molar-refractivity contribution is 0.420. The summed E-state index contributed by atoms with van der Waals surface area (Å²) in [5.74, 6) is 1.25. The van der Waals surface area contributed by atoms with Gasteiger partial charge in [-0.05, 0) is 89.3 Å². The number of halogens is 1. The van der Waals surface area contributed by atoms with E-state index >= 15 is 0 Å². The van der Waals surface area contributed by atoms with Crippen molar-refractivity contribution in [2.45, 2.75) is 26.7 Å². The molecule has 0 spiro atoms. The lowest BCUT2D eigenvalue weighted by Crippen LogP contribution is -1.95. The molecule has 0 amide bonds. The Morgan fingerprint density at radius 2 is 1.62 bits per heavy atom. The Hall–Kier alpha value is -3.95. The summed E-state index contributed by atoms with van der Waals surface area (Å²) in [7, 11) is 1.72. The van der Waals surface area contributed by atoms with Gasteiger partial charge in [-0.15, -0.1) is 0 Å². The van der Waals surface area contributed by atoms with E-state index in [1.165, 1.54) is 11.1 Å². The highest BCUT2D eigenvalue weighted by atomic mass is 35.5. The predicted octanol–water partition coefficient (Wildman–Crippen LogP) is 9.93. The lowest BCUT2D eigenvalue weighted by atomic mass is 10.0. The van der Waals surface area contributed by atoms with E-state index in [2.05, 4.69) is 92.1 Å². The maximum Gasteiger partial charge on any atom is 0.136 e. The number of furan rings is 1. The molecular weight excluding hydrogens is 478 g/mol. The van der Waals surface area contributed by atoms with Crippen LogP contribution in [0.4, 0.5) is 0 Å². The first-order chi connectivity index (χ1) is 17.9. The van der Waals surface area contributed by atoms with Gasteiger partial charge in [-0.25, -0.2) is 0 Å². The van der Waals surface area contributed by atoms with Crippen LogP contribution in [-0.4, -0.2) is 11.7 Å². The van der Waals surface area contributed by atoms with E-state index in [1.807, 2.05) is 12.1 Å². The highest BCUT2D eigenvalue weighted by Crippen LogP contribution is 2.42. The Labute approximate surface area is 219 Å². The number of hydrogen-bond donors (Lipinski definition) is 0. The summed E-state index contributed by atoms with van der Waals surface area (Å²) in [5.41, 5.74) is 7.44. The van der Waals surface area contributed by atoms with E-state index in [1.54, 1.807) is 7.11 Å². The Balaban J connectivity index is 1.55. The normalized spacial score (nSPS) is 12.2. The highest BCUT2D eigenvalue weighted by Gasteiger charge is 2.20. The standard InChI is InChI=1S/C33H26ClNO2/c1-18(2)20-7-11-28-26(15-20)32-29(36-4)12-10-27(34)33(32)35(28)23-8-6-21-17-31-25(16-22(21)14-23)24-9-5-19(3)13-30(24)37-31/h5-18H,1-4H3. The molecule has 7 aromatic rings. The van der Waals surface area contributed by atoms with Gasteiger partial charge < -0.3 is 13.7 Å². The SMILES string of the molecule is COc1ccc(Cl)c2c1c1cc(C(C)C)ccc1n2-c1ccc2cc3oc4cc(C)ccc4c3cc2c1. The monoisotopic (exact) mass is 503 g/mol. The van der Waals surface area contributed by atoms with Crippen molar-refractivity contribution in [1.82, 2.24) is 4.57 Å². The second-order valence-electron chi connectivity index (χ2n) is 10.2. The molecule has 7 rings (SSSR count). The van der Waals surface area contributed by atoms with E-state index in [-0.39, 0.29) is 0 Å². The van der Waals surface area contributed by atoms with Crippen LogP contribution in [0.2, 0.25) is 5.02 Å². The molecule has 2 heterocycles. The minimum Gasteiger partial charge on any atom is -0.496 e. The molecule has 37 heavy (non-hydrogen) atoms. The van der Waals surface area contributed by atoms with Crippen molar-refractivity contribution in [1.29, 1.82) is 0 Å². The molecule has 0 unspecified atom stereocenters. The van der Waals surface area contributed by atoms with Crippen LogP contribution < -0.4 is 4.74 Å². The van der Waals surface area contributed by atoms with Gasteiger partial charge in [0.05, 0.1) is 28.6 Å². The quantitative estimate of drug-likeness (QED) is 0.240. The Bertz CT molecular complexity index is 2030. The Morgan fingerprint density at radius 1 is 0.784 bits per heavy atom. The van der Waals surface area contributed by atoms with Crippen molar-refractivity contribution in [2.24, 2.45) is 0 Å². The van der Waals surface area contributed by atoms with Crippen LogP contribution in [0.25, 0.3) is 60.2 Å². The van der Waals surface area contributed by atoms with Crippen LogP contribution >= 0.6 is 11.6 Å². The summed E-state index contributed by atoms with van der Waals surface area (Å²) in [6.45, 7) is 6.52. The van der Waals surface area contributed by atoms with E-state index < -0.39 is 0 Å². The number of nitrogens with zero attached hydrogens (tertiary/aromatic N) is 1. The summed E-state index contributed by atoms with van der Waals surface area (Å²) in [4.78, 5) is 0. The number of aryl methyl sites for hydroxylation is 1. The predicted molar refractivity (Wildman–Crippen MR) is 156 cm³/mol. The van der Waals surface area contributed by atoms with Crippen molar-refractivity contribution < 1.29 is 9.15 Å². The zero-order valence-electron chi connectivity index (χ0n) is 21.2. The second kappa shape index (κ2) is 8.03. The molecule has 0 saturated heterocycles. The fourth-order valence-corrected chi connectivity index (χ4v) is 5.89. The van der Waals surface area contributed by atoms with Crippen LogP contribution in [0.5, 0.6) is 5.75 Å². The average Bonchev–Trinajstić information content (AvgIpc) is 3.42. The van der Waals surface area contributed by atoms with Crippen LogP contribution in [0.3, 0.4) is 0 Å². The van der Waals surface area contributed by atoms with Crippen molar-refractivity contribution in [3.05, 3.63) is 95.0 Å². The molecule has 0 aliphatic heterocycles. The Kier molecular flexibility index (Phi) is 4.83. The van der Waals surface area contributed by atoms with Gasteiger partial charge in [0.2, 0.25) is 0 Å². The topological polar surface area (TPSA) is 27.3 Å². The number of hydrogen-bond acceptors (Lipinski definition) is 2.